The van der Waals surface area contributed by atoms with Gasteiger partial charge in [-0.3, -0.25) is 0 Å². The second-order valence-electron chi connectivity index (χ2n) is 5.49. The lowest BCUT2D eigenvalue weighted by atomic mass is 9.82. The lowest BCUT2D eigenvalue weighted by molar-refractivity contribution is 0.274. The van der Waals surface area contributed by atoms with Crippen LogP contribution in [0, 0.1) is 11.8 Å². The molecule has 0 radical (unpaired) electrons. The van der Waals surface area contributed by atoms with Crippen LogP contribution in [0.3, 0.4) is 0 Å². The van der Waals surface area contributed by atoms with Crippen LogP contribution in [0.5, 0.6) is 0 Å². The van der Waals surface area contributed by atoms with Gasteiger partial charge in [0.15, 0.2) is 0 Å². The zero-order valence-electron chi connectivity index (χ0n) is 11.2. The van der Waals surface area contributed by atoms with Crippen LogP contribution in [-0.4, -0.2) is 6.54 Å². The normalized spacial score (nSPS) is 25.1. The molecule has 1 fully saturated rings. The second kappa shape index (κ2) is 6.55. The molecular formula is C15H25NS. The van der Waals surface area contributed by atoms with Gasteiger partial charge < -0.3 is 5.32 Å². The van der Waals surface area contributed by atoms with Crippen molar-refractivity contribution in [1.82, 2.24) is 5.32 Å². The first kappa shape index (κ1) is 13.1. The minimum atomic E-state index is 0.921. The van der Waals surface area contributed by atoms with Crippen LogP contribution in [0.25, 0.3) is 0 Å². The molecule has 0 aromatic carbocycles. The van der Waals surface area contributed by atoms with E-state index >= 15 is 0 Å². The van der Waals surface area contributed by atoms with Crippen molar-refractivity contribution < 1.29 is 0 Å². The smallest absolute Gasteiger partial charge is 0.0299 e. The molecule has 2 unspecified atom stereocenters. The van der Waals surface area contributed by atoms with Crippen LogP contribution in [0.2, 0.25) is 0 Å². The van der Waals surface area contributed by atoms with Gasteiger partial charge in [0.25, 0.3) is 0 Å². The number of aryl methyl sites for hydroxylation is 1. The summed E-state index contributed by atoms with van der Waals surface area (Å²) in [7, 11) is 0. The molecule has 17 heavy (non-hydrogen) atoms. The fourth-order valence-corrected chi connectivity index (χ4v) is 3.78. The Hall–Kier alpha value is -0.340. The Balaban J connectivity index is 1.68. The minimum Gasteiger partial charge on any atom is -0.312 e. The van der Waals surface area contributed by atoms with Crippen LogP contribution in [-0.2, 0) is 13.0 Å². The zero-order valence-corrected chi connectivity index (χ0v) is 12.0. The van der Waals surface area contributed by atoms with Crippen LogP contribution in [0.4, 0.5) is 0 Å². The molecule has 2 atom stereocenters. The Bertz CT molecular complexity index is 331. The van der Waals surface area contributed by atoms with E-state index in [2.05, 4.69) is 31.3 Å². The summed E-state index contributed by atoms with van der Waals surface area (Å²) in [5.74, 6) is 1.87. The first-order valence-corrected chi connectivity index (χ1v) is 7.88. The van der Waals surface area contributed by atoms with Crippen LogP contribution < -0.4 is 5.32 Å². The molecule has 0 bridgehead atoms. The van der Waals surface area contributed by atoms with E-state index in [9.17, 15) is 0 Å². The summed E-state index contributed by atoms with van der Waals surface area (Å²) in [5.41, 5.74) is 0. The highest BCUT2D eigenvalue weighted by molar-refractivity contribution is 7.11. The molecule has 96 valence electrons. The van der Waals surface area contributed by atoms with Gasteiger partial charge in [-0.2, -0.15) is 0 Å². The molecule has 1 aromatic heterocycles. The SMILES string of the molecule is CCc1ccc(CNCC2CCCC(C)C2)s1. The molecule has 2 heteroatoms. The van der Waals surface area contributed by atoms with E-state index in [1.807, 2.05) is 11.3 Å². The number of thiophene rings is 1. The fraction of sp³-hybridized carbons (Fsp3) is 0.733. The Morgan fingerprint density at radius 3 is 2.82 bits per heavy atom. The molecule has 0 saturated heterocycles. The highest BCUT2D eigenvalue weighted by Gasteiger charge is 2.18. The monoisotopic (exact) mass is 251 g/mol. The van der Waals surface area contributed by atoms with Crippen molar-refractivity contribution in [3.8, 4) is 0 Å². The minimum absolute atomic E-state index is 0.921. The standard InChI is InChI=1S/C15H25NS/c1-3-14-7-8-15(17-14)11-16-10-13-6-4-5-12(2)9-13/h7-8,12-13,16H,3-6,9-11H2,1-2H3. The maximum atomic E-state index is 3.64. The van der Waals surface area contributed by atoms with Crippen LogP contribution in [0.15, 0.2) is 12.1 Å². The van der Waals surface area contributed by atoms with Gasteiger partial charge in [0.05, 0.1) is 0 Å². The zero-order chi connectivity index (χ0) is 12.1. The van der Waals surface area contributed by atoms with E-state index in [0.717, 1.165) is 18.4 Å². The molecule has 0 aliphatic heterocycles. The van der Waals surface area contributed by atoms with Crippen molar-refractivity contribution in [2.45, 2.75) is 52.5 Å². The summed E-state index contributed by atoms with van der Waals surface area (Å²) in [4.78, 5) is 3.00. The molecule has 1 heterocycles. The predicted octanol–water partition coefficient (Wildman–Crippen LogP) is 4.23. The molecule has 0 amide bonds. The first-order chi connectivity index (χ1) is 8.28. The van der Waals surface area contributed by atoms with Gasteiger partial charge in [0.2, 0.25) is 0 Å². The summed E-state index contributed by atoms with van der Waals surface area (Å²) in [6.45, 7) is 6.91. The van der Waals surface area contributed by atoms with Gasteiger partial charge in [-0.1, -0.05) is 26.7 Å². The molecule has 2 rings (SSSR count). The third-order valence-corrected chi connectivity index (χ3v) is 5.07. The molecule has 1 aliphatic rings. The van der Waals surface area contributed by atoms with Gasteiger partial charge in [-0.15, -0.1) is 11.3 Å². The summed E-state index contributed by atoms with van der Waals surface area (Å²) in [6.07, 6.45) is 6.91. The molecule has 1 N–H and O–H groups in total. The number of hydrogen-bond acceptors (Lipinski definition) is 2. The van der Waals surface area contributed by atoms with Gasteiger partial charge in [0, 0.05) is 16.3 Å². The second-order valence-corrected chi connectivity index (χ2v) is 6.74. The van der Waals surface area contributed by atoms with Gasteiger partial charge in [-0.05, 0) is 49.8 Å². The lowest BCUT2D eigenvalue weighted by Gasteiger charge is -2.26. The highest BCUT2D eigenvalue weighted by atomic mass is 32.1. The van der Waals surface area contributed by atoms with Crippen molar-refractivity contribution in [3.05, 3.63) is 21.9 Å². The van der Waals surface area contributed by atoms with Crippen LogP contribution in [0.1, 0.15) is 49.3 Å². The largest absolute Gasteiger partial charge is 0.312 e. The molecule has 1 aliphatic carbocycles. The van der Waals surface area contributed by atoms with E-state index in [-0.39, 0.29) is 0 Å². The average Bonchev–Trinajstić information content (AvgIpc) is 2.77. The lowest BCUT2D eigenvalue weighted by Crippen LogP contribution is -2.26. The number of rotatable bonds is 5. The van der Waals surface area contributed by atoms with Crippen LogP contribution >= 0.6 is 11.3 Å². The number of nitrogens with one attached hydrogen (secondary N) is 1. The molecule has 1 saturated carbocycles. The van der Waals surface area contributed by atoms with Crippen molar-refractivity contribution in [3.63, 3.8) is 0 Å². The third-order valence-electron chi connectivity index (χ3n) is 3.84. The van der Waals surface area contributed by atoms with Crippen molar-refractivity contribution in [2.75, 3.05) is 6.54 Å². The molecule has 0 spiro atoms. The summed E-state index contributed by atoms with van der Waals surface area (Å²) < 4.78 is 0. The maximum absolute atomic E-state index is 3.64. The maximum Gasteiger partial charge on any atom is 0.0299 e. The summed E-state index contributed by atoms with van der Waals surface area (Å²) in [5, 5.41) is 3.64. The Morgan fingerprint density at radius 1 is 1.29 bits per heavy atom. The molecule has 1 nitrogen and oxygen atoms in total. The van der Waals surface area contributed by atoms with E-state index in [1.54, 1.807) is 0 Å². The van der Waals surface area contributed by atoms with Gasteiger partial charge in [0.1, 0.15) is 0 Å². The van der Waals surface area contributed by atoms with E-state index in [4.69, 9.17) is 0 Å². The van der Waals surface area contributed by atoms with Crippen molar-refractivity contribution in [1.29, 1.82) is 0 Å². The number of hydrogen-bond donors (Lipinski definition) is 1. The average molecular weight is 251 g/mol. The molecular weight excluding hydrogens is 226 g/mol. The summed E-state index contributed by atoms with van der Waals surface area (Å²) >= 11 is 1.96. The van der Waals surface area contributed by atoms with Gasteiger partial charge in [-0.25, -0.2) is 0 Å². The van der Waals surface area contributed by atoms with Crippen molar-refractivity contribution >= 4 is 11.3 Å². The van der Waals surface area contributed by atoms with Gasteiger partial charge >= 0.3 is 0 Å². The summed E-state index contributed by atoms with van der Waals surface area (Å²) in [6, 6.07) is 4.55. The highest BCUT2D eigenvalue weighted by Crippen LogP contribution is 2.28. The van der Waals surface area contributed by atoms with E-state index in [1.165, 1.54) is 48.4 Å². The Labute approximate surface area is 110 Å². The van der Waals surface area contributed by atoms with E-state index < -0.39 is 0 Å². The predicted molar refractivity (Wildman–Crippen MR) is 76.5 cm³/mol. The van der Waals surface area contributed by atoms with E-state index in [0.29, 0.717) is 0 Å². The Kier molecular flexibility index (Phi) is 5.05. The fourth-order valence-electron chi connectivity index (χ4n) is 2.85. The third kappa shape index (κ3) is 4.11. The van der Waals surface area contributed by atoms with Crippen molar-refractivity contribution in [2.24, 2.45) is 11.8 Å². The first-order valence-electron chi connectivity index (χ1n) is 7.06. The quantitative estimate of drug-likeness (QED) is 0.826. The Morgan fingerprint density at radius 2 is 2.12 bits per heavy atom. The topological polar surface area (TPSA) is 12.0 Å². The molecule has 1 aromatic rings.